The van der Waals surface area contributed by atoms with Crippen LogP contribution in [0, 0.1) is 28.6 Å². The van der Waals surface area contributed by atoms with E-state index in [1.54, 1.807) is 0 Å². The number of fused-ring (bicyclic) bond motifs is 7. The molecular weight excluding hydrogens is 1060 g/mol. The van der Waals surface area contributed by atoms with Gasteiger partial charge in [-0.2, -0.15) is 0 Å². The number of hydrogen-bond donors (Lipinski definition) is 0. The summed E-state index contributed by atoms with van der Waals surface area (Å²) < 4.78 is 2.52. The maximum atomic E-state index is 2.64. The Kier molecular flexibility index (Phi) is 11.8. The number of rotatable bonds is 7. The largest absolute Gasteiger partial charge is 0.311 e. The normalized spacial score (nSPS) is 18.1. The molecule has 2 aliphatic heterocycles. The smallest absolute Gasteiger partial charge is 0.252 e. The number of benzene rings is 10. The lowest BCUT2D eigenvalue weighted by atomic mass is 9.33. The molecule has 3 atom stereocenters. The second kappa shape index (κ2) is 19.8. The van der Waals surface area contributed by atoms with Crippen LogP contribution in [0.15, 0.2) is 301 Å². The Hall–Kier alpha value is -9.90. The van der Waals surface area contributed by atoms with E-state index in [1.807, 2.05) is 0 Å². The summed E-state index contributed by atoms with van der Waals surface area (Å²) in [6.07, 6.45) is 16.5. The van der Waals surface area contributed by atoms with Crippen molar-refractivity contribution in [3.8, 4) is 39.1 Å². The highest BCUT2D eigenvalue weighted by Gasteiger charge is 2.47. The lowest BCUT2D eigenvalue weighted by Gasteiger charge is -2.48. The highest BCUT2D eigenvalue weighted by molar-refractivity contribution is 7.00. The topological polar surface area (TPSA) is 11.4 Å². The molecule has 0 fully saturated rings. The molecule has 17 rings (SSSR count). The molecule has 10 aromatic carbocycles. The molecule has 0 bridgehead atoms. The van der Waals surface area contributed by atoms with Gasteiger partial charge in [0.2, 0.25) is 0 Å². The third-order valence-corrected chi connectivity index (χ3v) is 20.1. The third kappa shape index (κ3) is 8.32. The Labute approximate surface area is 518 Å². The van der Waals surface area contributed by atoms with Gasteiger partial charge < -0.3 is 14.4 Å². The standard InChI is InChI=1S/C84H68BN3/c1-83(2,3)63-44-60-30-31-61-45-64(84(4,5)6)50-71-70(47-62(46-63)80(60)81(61)71)59-37-43-73-77(49-59)87(66-40-34-57(35-41-66)54-22-12-8-13-23-54)79-52-67(88-74-28-18-16-26-68(74)69-27-17-19-29-75(69)88)51-78-82(79)85(73)72-42-36-58(55-24-14-9-15-25-55)48-76(72)86(78)65-38-32-56(33-39-65)53-20-10-7-11-21-53/h7-44,46-52,61,80-81H,45H2,1-6H3. The summed E-state index contributed by atoms with van der Waals surface area (Å²) >= 11 is 0. The molecule has 0 saturated carbocycles. The predicted octanol–water partition coefficient (Wildman–Crippen LogP) is 20.3. The van der Waals surface area contributed by atoms with Gasteiger partial charge in [-0.15, -0.1) is 0 Å². The van der Waals surface area contributed by atoms with Crippen molar-refractivity contribution in [2.75, 3.05) is 9.80 Å². The van der Waals surface area contributed by atoms with Crippen LogP contribution < -0.4 is 26.2 Å². The summed E-state index contributed by atoms with van der Waals surface area (Å²) in [5, 5.41) is 2.48. The highest BCUT2D eigenvalue weighted by Crippen LogP contribution is 2.58. The van der Waals surface area contributed by atoms with E-state index in [0.29, 0.717) is 17.8 Å². The van der Waals surface area contributed by atoms with Crippen molar-refractivity contribution < 1.29 is 0 Å². The third-order valence-electron chi connectivity index (χ3n) is 20.1. The molecule has 4 heteroatoms. The summed E-state index contributed by atoms with van der Waals surface area (Å²) in [5.41, 5.74) is 31.4. The Morgan fingerprint density at radius 3 is 1.41 bits per heavy atom. The average Bonchev–Trinajstić information content (AvgIpc) is 0.817. The van der Waals surface area contributed by atoms with Gasteiger partial charge in [0.05, 0.1) is 16.7 Å². The molecule has 0 N–H and O–H groups in total. The summed E-state index contributed by atoms with van der Waals surface area (Å²) in [6, 6.07) is 89.0. The Bertz CT molecular complexity index is 4830. The van der Waals surface area contributed by atoms with Gasteiger partial charge in [-0.05, 0) is 167 Å². The molecule has 6 aliphatic rings. The fraction of sp³-hybridized carbons (Fsp3) is 0.143. The molecule has 0 radical (unpaired) electrons. The minimum absolute atomic E-state index is 0.00553. The SMILES string of the molecule is CC(C)(C)C1=CC2=CC(c3ccc4c(c3)N(c3ccc(-c5ccccc5)cc3)c3cc(-n5c6ccccc6c6ccccc65)cc5c3B4c3ccc(-c4ccccc4)cc3N5c3ccc(-c4ccccc4)cc3)=C3C=C(C(C)(C)C)CC4C=CC(=C1)C2C34. The molecule has 3 unspecified atom stereocenters. The lowest BCUT2D eigenvalue weighted by molar-refractivity contribution is 0.329. The van der Waals surface area contributed by atoms with E-state index in [2.05, 4.69) is 329 Å². The molecule has 4 aliphatic carbocycles. The number of aromatic nitrogens is 1. The van der Waals surface area contributed by atoms with Crippen molar-refractivity contribution in [3.63, 3.8) is 0 Å². The van der Waals surface area contributed by atoms with Gasteiger partial charge >= 0.3 is 0 Å². The minimum Gasteiger partial charge on any atom is -0.311 e. The first kappa shape index (κ1) is 52.4. The number of allylic oxidation sites excluding steroid dienone is 12. The van der Waals surface area contributed by atoms with Crippen LogP contribution in [0.4, 0.5) is 34.1 Å². The number of hydrogen-bond acceptors (Lipinski definition) is 2. The molecule has 3 heterocycles. The van der Waals surface area contributed by atoms with E-state index in [1.165, 1.54) is 133 Å². The second-order valence-electron chi connectivity index (χ2n) is 27.3. The van der Waals surface area contributed by atoms with Gasteiger partial charge in [-0.3, -0.25) is 0 Å². The molecule has 0 amide bonds. The highest BCUT2D eigenvalue weighted by atomic mass is 15.2. The van der Waals surface area contributed by atoms with E-state index < -0.39 is 0 Å². The van der Waals surface area contributed by atoms with E-state index >= 15 is 0 Å². The maximum absolute atomic E-state index is 2.64. The van der Waals surface area contributed by atoms with Crippen LogP contribution in [0.3, 0.4) is 0 Å². The van der Waals surface area contributed by atoms with Gasteiger partial charge in [0, 0.05) is 56.7 Å². The lowest BCUT2D eigenvalue weighted by Crippen LogP contribution is -2.61. The molecular formula is C84H68BN3. The zero-order valence-corrected chi connectivity index (χ0v) is 50.8. The second-order valence-corrected chi connectivity index (χ2v) is 27.3. The fourth-order valence-corrected chi connectivity index (χ4v) is 15.7. The maximum Gasteiger partial charge on any atom is 0.252 e. The minimum atomic E-state index is -0.106. The van der Waals surface area contributed by atoms with Crippen molar-refractivity contribution in [2.45, 2.75) is 48.0 Å². The van der Waals surface area contributed by atoms with Crippen molar-refractivity contribution >= 4 is 84.6 Å². The molecule has 0 saturated heterocycles. The summed E-state index contributed by atoms with van der Waals surface area (Å²) in [4.78, 5) is 5.22. The van der Waals surface area contributed by atoms with Gasteiger partial charge in [-0.1, -0.05) is 259 Å². The van der Waals surface area contributed by atoms with E-state index in [0.717, 1.165) is 23.5 Å². The number of nitrogens with zero attached hydrogens (tertiary/aromatic N) is 3. The van der Waals surface area contributed by atoms with Crippen LogP contribution in [-0.4, -0.2) is 11.3 Å². The van der Waals surface area contributed by atoms with E-state index in [9.17, 15) is 0 Å². The quantitative estimate of drug-likeness (QED) is 0.147. The molecule has 88 heavy (non-hydrogen) atoms. The Morgan fingerprint density at radius 1 is 0.398 bits per heavy atom. The molecule has 422 valence electrons. The van der Waals surface area contributed by atoms with Crippen molar-refractivity contribution in [2.24, 2.45) is 28.6 Å². The van der Waals surface area contributed by atoms with Crippen LogP contribution in [0.5, 0.6) is 0 Å². The predicted molar refractivity (Wildman–Crippen MR) is 374 cm³/mol. The molecule has 3 nitrogen and oxygen atoms in total. The first-order valence-electron chi connectivity index (χ1n) is 31.6. The van der Waals surface area contributed by atoms with Gasteiger partial charge in [0.15, 0.2) is 0 Å². The number of para-hydroxylation sites is 2. The zero-order chi connectivity index (χ0) is 59.2. The average molecular weight is 1130 g/mol. The molecule has 1 aromatic heterocycles. The van der Waals surface area contributed by atoms with Crippen LogP contribution in [0.25, 0.3) is 66.4 Å². The zero-order valence-electron chi connectivity index (χ0n) is 50.8. The van der Waals surface area contributed by atoms with Crippen LogP contribution in [-0.2, 0) is 0 Å². The summed E-state index contributed by atoms with van der Waals surface area (Å²) in [6.45, 7) is 14.2. The Morgan fingerprint density at radius 2 is 0.875 bits per heavy atom. The van der Waals surface area contributed by atoms with E-state index in [4.69, 9.17) is 0 Å². The monoisotopic (exact) mass is 1130 g/mol. The summed E-state index contributed by atoms with van der Waals surface area (Å²) in [7, 11) is 0. The van der Waals surface area contributed by atoms with Crippen molar-refractivity contribution in [1.82, 2.24) is 4.57 Å². The Balaban J connectivity index is 0.969. The van der Waals surface area contributed by atoms with Crippen molar-refractivity contribution in [1.29, 1.82) is 0 Å². The fourth-order valence-electron chi connectivity index (χ4n) is 15.7. The number of anilines is 6. The van der Waals surface area contributed by atoms with Crippen LogP contribution in [0.1, 0.15) is 53.5 Å². The first-order chi connectivity index (χ1) is 42.9. The van der Waals surface area contributed by atoms with Gasteiger partial charge in [-0.25, -0.2) is 0 Å². The van der Waals surface area contributed by atoms with Gasteiger partial charge in [0.1, 0.15) is 0 Å². The molecule has 11 aromatic rings. The first-order valence-corrected chi connectivity index (χ1v) is 31.6. The molecule has 0 spiro atoms. The summed E-state index contributed by atoms with van der Waals surface area (Å²) in [5.74, 6) is 1.09. The van der Waals surface area contributed by atoms with E-state index in [-0.39, 0.29) is 17.5 Å². The van der Waals surface area contributed by atoms with Crippen molar-refractivity contribution in [3.05, 3.63) is 306 Å². The van der Waals surface area contributed by atoms with Crippen LogP contribution in [0.2, 0.25) is 0 Å². The van der Waals surface area contributed by atoms with Gasteiger partial charge in [0.25, 0.3) is 6.71 Å². The van der Waals surface area contributed by atoms with Crippen LogP contribution >= 0.6 is 0 Å².